The van der Waals surface area contributed by atoms with Crippen LogP contribution in [0.25, 0.3) is 0 Å². The maximum absolute atomic E-state index is 12.1. The van der Waals surface area contributed by atoms with E-state index in [0.29, 0.717) is 13.0 Å². The summed E-state index contributed by atoms with van der Waals surface area (Å²) >= 11 is 1.29. The minimum absolute atomic E-state index is 0.0930. The Bertz CT molecular complexity index is 600. The second-order valence-electron chi connectivity index (χ2n) is 10.3. The molecular weight excluding hydrogens is 479 g/mol. The molecule has 2 fully saturated rings. The number of esters is 1. The highest BCUT2D eigenvalue weighted by atomic mass is 32.7. The predicted octanol–water partition coefficient (Wildman–Crippen LogP) is 8.79. The molecule has 0 amide bonds. The lowest BCUT2D eigenvalue weighted by atomic mass is 10.0. The van der Waals surface area contributed by atoms with Crippen molar-refractivity contribution in [3.05, 3.63) is 0 Å². The average Bonchev–Trinajstić information content (AvgIpc) is 3.33. The van der Waals surface area contributed by atoms with Crippen LogP contribution >= 0.6 is 17.9 Å². The van der Waals surface area contributed by atoms with Crippen LogP contribution in [0.4, 0.5) is 0 Å². The van der Waals surface area contributed by atoms with Gasteiger partial charge in [-0.25, -0.2) is 0 Å². The van der Waals surface area contributed by atoms with E-state index in [1.165, 1.54) is 94.9 Å². The molecule has 1 heterocycles. The van der Waals surface area contributed by atoms with Crippen molar-refractivity contribution in [2.45, 2.75) is 148 Å². The van der Waals surface area contributed by atoms with Gasteiger partial charge in [0.1, 0.15) is 5.94 Å². The quantitative estimate of drug-likeness (QED) is 0.0650. The van der Waals surface area contributed by atoms with Crippen molar-refractivity contribution >= 4 is 29.2 Å². The molecule has 0 bridgehead atoms. The smallest absolute Gasteiger partial charge is 0.306 e. The molecule has 2 rings (SSSR count). The summed E-state index contributed by atoms with van der Waals surface area (Å²) in [6, 6.07) is 0. The number of carbonyl (C=O) groups excluding carboxylic acids is 1. The third-order valence-corrected chi connectivity index (χ3v) is 12.0. The van der Waals surface area contributed by atoms with Gasteiger partial charge in [0.15, 0.2) is 6.54 Å². The van der Waals surface area contributed by atoms with Crippen molar-refractivity contribution in [3.63, 3.8) is 0 Å². The van der Waals surface area contributed by atoms with Gasteiger partial charge >= 0.3 is 5.97 Å². The molecule has 0 aromatic heterocycles. The van der Waals surface area contributed by atoms with Gasteiger partial charge in [-0.05, 0) is 55.2 Å². The zero-order chi connectivity index (χ0) is 25.0. The first-order valence-corrected chi connectivity index (χ1v) is 17.9. The molecule has 1 N–H and O–H groups in total. The van der Waals surface area contributed by atoms with E-state index in [-0.39, 0.29) is 18.0 Å². The van der Waals surface area contributed by atoms with Gasteiger partial charge in [0.25, 0.3) is 0 Å². The van der Waals surface area contributed by atoms with E-state index in [1.54, 1.807) is 0 Å². The molecular formula is C28H53O5PS. The van der Waals surface area contributed by atoms with Crippen LogP contribution in [0.15, 0.2) is 0 Å². The summed E-state index contributed by atoms with van der Waals surface area (Å²) < 4.78 is 17.0. The molecule has 1 aliphatic heterocycles. The normalized spacial score (nSPS) is 19.5. The molecule has 0 aromatic rings. The number of unbranched alkanes of at least 4 members (excludes halogenated alkanes) is 14. The molecule has 0 aromatic carbocycles. The van der Waals surface area contributed by atoms with Gasteiger partial charge in [0, 0.05) is 13.0 Å². The first kappa shape index (κ1) is 31.2. The van der Waals surface area contributed by atoms with Gasteiger partial charge in [0.05, 0.1) is 12.7 Å². The summed E-state index contributed by atoms with van der Waals surface area (Å²) in [6.07, 6.45) is 25.4. The Morgan fingerprint density at radius 1 is 0.914 bits per heavy atom. The standard InChI is InChI=1S/C28H53O5PS/c1-2-3-4-5-6-7-8-9-10-11-12-13-14-15-16-22-28(29)32-25-35-34(30,27-20-17-21-27)33-24-26-19-18-23-31-26/h26,30H,2-25H2,1H3/t26-,34?/m0/s1. The van der Waals surface area contributed by atoms with Gasteiger partial charge in [-0.1, -0.05) is 96.8 Å². The zero-order valence-corrected chi connectivity index (χ0v) is 24.2. The monoisotopic (exact) mass is 532 g/mol. The SMILES string of the molecule is CCCCCCCCCCCCCCCCCC(=O)OCSP(O)(OC[C@@H]1CCCO1)=C1CCC1. The number of ether oxygens (including phenoxy) is 2. The molecule has 206 valence electrons. The third-order valence-electron chi connectivity index (χ3n) is 7.22. The molecule has 5 nitrogen and oxygen atoms in total. The Morgan fingerprint density at radius 2 is 1.49 bits per heavy atom. The van der Waals surface area contributed by atoms with Gasteiger partial charge in [0.2, 0.25) is 0 Å². The fourth-order valence-electron chi connectivity index (χ4n) is 4.67. The van der Waals surface area contributed by atoms with E-state index >= 15 is 0 Å². The average molecular weight is 533 g/mol. The first-order chi connectivity index (χ1) is 17.1. The summed E-state index contributed by atoms with van der Waals surface area (Å²) in [5.41, 5.74) is 0. The maximum atomic E-state index is 12.1. The van der Waals surface area contributed by atoms with Crippen LogP contribution in [-0.4, -0.2) is 41.4 Å². The summed E-state index contributed by atoms with van der Waals surface area (Å²) in [7, 11) is 0. The third kappa shape index (κ3) is 14.5. The Kier molecular flexibility index (Phi) is 17.9. The molecule has 1 saturated heterocycles. The fraction of sp³-hybridized carbons (Fsp3) is 0.929. The van der Waals surface area contributed by atoms with Gasteiger partial charge in [-0.3, -0.25) is 4.79 Å². The molecule has 0 spiro atoms. The zero-order valence-electron chi connectivity index (χ0n) is 22.5. The van der Waals surface area contributed by atoms with Crippen LogP contribution < -0.4 is 0 Å². The van der Waals surface area contributed by atoms with Gasteiger partial charge in [-0.2, -0.15) is 0 Å². The van der Waals surface area contributed by atoms with Gasteiger partial charge < -0.3 is 18.9 Å². The molecule has 1 saturated carbocycles. The second-order valence-corrected chi connectivity index (χ2v) is 15.0. The van der Waals surface area contributed by atoms with Crippen molar-refractivity contribution < 1.29 is 23.7 Å². The number of hydrogen-bond acceptors (Lipinski definition) is 6. The molecule has 2 atom stereocenters. The fourth-order valence-corrected chi connectivity index (χ4v) is 8.78. The van der Waals surface area contributed by atoms with Crippen molar-refractivity contribution in [2.24, 2.45) is 0 Å². The van der Waals surface area contributed by atoms with Gasteiger partial charge in [-0.15, -0.1) is 0 Å². The molecule has 1 unspecified atom stereocenters. The van der Waals surface area contributed by atoms with Crippen molar-refractivity contribution in [3.8, 4) is 0 Å². The highest BCUT2D eigenvalue weighted by molar-refractivity contribution is 8.58. The largest absolute Gasteiger partial charge is 0.454 e. The van der Waals surface area contributed by atoms with Crippen LogP contribution in [0.1, 0.15) is 142 Å². The predicted molar refractivity (Wildman–Crippen MR) is 151 cm³/mol. The van der Waals surface area contributed by atoms with E-state index in [9.17, 15) is 9.69 Å². The lowest BCUT2D eigenvalue weighted by molar-refractivity contribution is -0.141. The minimum Gasteiger partial charge on any atom is -0.454 e. The lowest BCUT2D eigenvalue weighted by Gasteiger charge is -2.29. The molecule has 1 aliphatic carbocycles. The Hall–Kier alpha value is -0.0000000000000000833. The minimum atomic E-state index is -2.67. The Balaban J connectivity index is 1.40. The number of rotatable bonds is 22. The summed E-state index contributed by atoms with van der Waals surface area (Å²) in [5, 5.41) is 1.11. The molecule has 35 heavy (non-hydrogen) atoms. The summed E-state index contributed by atoms with van der Waals surface area (Å²) in [4.78, 5) is 23.2. The van der Waals surface area contributed by atoms with Crippen LogP contribution in [0, 0.1) is 0 Å². The van der Waals surface area contributed by atoms with Crippen molar-refractivity contribution in [2.75, 3.05) is 19.2 Å². The van der Waals surface area contributed by atoms with E-state index in [4.69, 9.17) is 14.0 Å². The van der Waals surface area contributed by atoms with Crippen molar-refractivity contribution in [1.29, 1.82) is 0 Å². The van der Waals surface area contributed by atoms with Crippen LogP contribution in [0.2, 0.25) is 0 Å². The highest BCUT2D eigenvalue weighted by Crippen LogP contribution is 2.61. The molecule has 2 aliphatic rings. The maximum Gasteiger partial charge on any atom is 0.306 e. The van der Waals surface area contributed by atoms with Crippen LogP contribution in [0.3, 0.4) is 0 Å². The molecule has 0 radical (unpaired) electrons. The van der Waals surface area contributed by atoms with Crippen LogP contribution in [0.5, 0.6) is 0 Å². The summed E-state index contributed by atoms with van der Waals surface area (Å²) in [5.74, 6) is 0.0214. The Morgan fingerprint density at radius 3 is 1.97 bits per heavy atom. The first-order valence-electron chi connectivity index (χ1n) is 14.7. The van der Waals surface area contributed by atoms with E-state index < -0.39 is 6.54 Å². The number of carbonyl (C=O) groups is 1. The molecule has 7 heteroatoms. The van der Waals surface area contributed by atoms with E-state index in [1.807, 2.05) is 0 Å². The van der Waals surface area contributed by atoms with Crippen LogP contribution in [-0.2, 0) is 18.8 Å². The summed E-state index contributed by atoms with van der Waals surface area (Å²) in [6.45, 7) is 0.828. The van der Waals surface area contributed by atoms with E-state index in [2.05, 4.69) is 6.92 Å². The number of hydrogen-bond donors (Lipinski definition) is 1. The topological polar surface area (TPSA) is 65.0 Å². The Labute approximate surface area is 219 Å². The second kappa shape index (κ2) is 20.0. The van der Waals surface area contributed by atoms with E-state index in [0.717, 1.165) is 56.8 Å². The highest BCUT2D eigenvalue weighted by Gasteiger charge is 2.29. The van der Waals surface area contributed by atoms with Crippen molar-refractivity contribution in [1.82, 2.24) is 0 Å². The lowest BCUT2D eigenvalue weighted by Crippen LogP contribution is -2.18.